The Morgan fingerprint density at radius 1 is 0.864 bits per heavy atom. The highest BCUT2D eigenvalue weighted by molar-refractivity contribution is 6.04. The van der Waals surface area contributed by atoms with Crippen molar-refractivity contribution < 1.29 is 9.37 Å². The fourth-order valence-electron chi connectivity index (χ4n) is 1.75. The van der Waals surface area contributed by atoms with Crippen LogP contribution < -0.4 is 10.6 Å². The summed E-state index contributed by atoms with van der Waals surface area (Å²) in [7, 11) is 3.97. The van der Waals surface area contributed by atoms with Gasteiger partial charge in [-0.1, -0.05) is 18.2 Å². The summed E-state index contributed by atoms with van der Waals surface area (Å²) in [4.78, 5) is 12.0. The van der Waals surface area contributed by atoms with E-state index in [2.05, 4.69) is 10.6 Å². The van der Waals surface area contributed by atoms with Gasteiger partial charge in [-0.2, -0.15) is 0 Å². The summed E-state index contributed by atoms with van der Waals surface area (Å²) in [6.07, 6.45) is 0. The molecule has 0 saturated carbocycles. The number of hydrogen-bond acceptors (Lipinski definition) is 1. The standard InChI is InChI=1S/C17H19N3O.ClH/c1-13(20(2)3)18-15-9-11-16(12-10-15)19-17(21)14-7-5-4-6-8-14;/h4-12H,1-3H3,(H,19,21);1H/p+1. The number of carbonyl (C=O) groups excluding carboxylic acids is 1. The van der Waals surface area contributed by atoms with Gasteiger partial charge in [-0.05, 0) is 36.4 Å². The van der Waals surface area contributed by atoms with Gasteiger partial charge in [0.2, 0.25) is 5.84 Å². The summed E-state index contributed by atoms with van der Waals surface area (Å²) in [6, 6.07) is 16.8. The Morgan fingerprint density at radius 2 is 1.36 bits per heavy atom. The molecular weight excluding hydrogens is 298 g/mol. The smallest absolute Gasteiger partial charge is 0.255 e. The van der Waals surface area contributed by atoms with Gasteiger partial charge in [0.15, 0.2) is 0 Å². The van der Waals surface area contributed by atoms with E-state index in [0.29, 0.717) is 5.56 Å². The molecule has 2 aromatic rings. The molecule has 0 bridgehead atoms. The second kappa shape index (κ2) is 8.20. The van der Waals surface area contributed by atoms with Gasteiger partial charge in [0.25, 0.3) is 5.91 Å². The molecule has 0 heterocycles. The maximum absolute atomic E-state index is 12.0. The van der Waals surface area contributed by atoms with Crippen LogP contribution in [0.15, 0.2) is 54.6 Å². The normalized spacial score (nSPS) is 9.41. The van der Waals surface area contributed by atoms with Crippen molar-refractivity contribution in [2.75, 3.05) is 24.7 Å². The predicted octanol–water partition coefficient (Wildman–Crippen LogP) is 3.46. The molecule has 5 heteroatoms. The summed E-state index contributed by atoms with van der Waals surface area (Å²) >= 11 is 0. The van der Waals surface area contributed by atoms with E-state index in [-0.39, 0.29) is 18.3 Å². The minimum Gasteiger partial charge on any atom is -0.322 e. The monoisotopic (exact) mass is 318 g/mol. The van der Waals surface area contributed by atoms with E-state index in [0.717, 1.165) is 17.2 Å². The van der Waals surface area contributed by atoms with Gasteiger partial charge < -0.3 is 5.32 Å². The minimum atomic E-state index is -0.104. The third-order valence-electron chi connectivity index (χ3n) is 3.17. The van der Waals surface area contributed by atoms with Crippen molar-refractivity contribution in [3.05, 3.63) is 60.2 Å². The summed E-state index contributed by atoms with van der Waals surface area (Å²) in [5.41, 5.74) is 2.41. The van der Waals surface area contributed by atoms with Gasteiger partial charge in [0.1, 0.15) is 5.69 Å². The quantitative estimate of drug-likeness (QED) is 0.517. The molecule has 0 saturated heterocycles. The van der Waals surface area contributed by atoms with Crippen LogP contribution in [0.4, 0.5) is 11.4 Å². The van der Waals surface area contributed by atoms with Gasteiger partial charge in [0, 0.05) is 18.2 Å². The average Bonchev–Trinajstić information content (AvgIpc) is 2.50. The number of amidine groups is 1. The molecule has 0 unspecified atom stereocenters. The third kappa shape index (κ3) is 4.90. The Kier molecular flexibility index (Phi) is 6.60. The van der Waals surface area contributed by atoms with E-state index in [1.165, 1.54) is 0 Å². The molecule has 0 aliphatic carbocycles. The lowest BCUT2D eigenvalue weighted by Gasteiger charge is -2.06. The highest BCUT2D eigenvalue weighted by Gasteiger charge is 2.06. The molecule has 1 amide bonds. The summed E-state index contributed by atoms with van der Waals surface area (Å²) in [6.45, 7) is 2.01. The fraction of sp³-hybridized carbons (Fsp3) is 0.176. The second-order valence-corrected chi connectivity index (χ2v) is 5.00. The van der Waals surface area contributed by atoms with Crippen LogP contribution in [0.1, 0.15) is 17.3 Å². The summed E-state index contributed by atoms with van der Waals surface area (Å²) < 4.78 is 2.01. The van der Waals surface area contributed by atoms with Gasteiger partial charge in [0.05, 0.1) is 14.1 Å². The molecule has 2 rings (SSSR count). The van der Waals surface area contributed by atoms with Crippen molar-refractivity contribution >= 4 is 35.5 Å². The molecule has 2 N–H and O–H groups in total. The highest BCUT2D eigenvalue weighted by Crippen LogP contribution is 2.14. The van der Waals surface area contributed by atoms with Crippen LogP contribution in [-0.2, 0) is 0 Å². The van der Waals surface area contributed by atoms with Gasteiger partial charge >= 0.3 is 0 Å². The largest absolute Gasteiger partial charge is 0.322 e. The first-order chi connectivity index (χ1) is 10.1. The molecule has 0 atom stereocenters. The number of amides is 1. The van der Waals surface area contributed by atoms with Crippen LogP contribution >= 0.6 is 12.4 Å². The third-order valence-corrected chi connectivity index (χ3v) is 3.17. The zero-order valence-corrected chi connectivity index (χ0v) is 13.8. The predicted molar refractivity (Wildman–Crippen MR) is 94.5 cm³/mol. The minimum absolute atomic E-state index is 0. The molecule has 4 nitrogen and oxygen atoms in total. The maximum Gasteiger partial charge on any atom is 0.255 e. The first-order valence-corrected chi connectivity index (χ1v) is 6.80. The molecule has 0 aliphatic rings. The van der Waals surface area contributed by atoms with Crippen LogP contribution in [-0.4, -0.2) is 30.4 Å². The zero-order valence-electron chi connectivity index (χ0n) is 13.0. The Balaban J connectivity index is 0.00000242. The van der Waals surface area contributed by atoms with E-state index in [9.17, 15) is 4.79 Å². The number of benzene rings is 2. The van der Waals surface area contributed by atoms with Crippen LogP contribution in [0.3, 0.4) is 0 Å². The number of rotatable bonds is 3. The van der Waals surface area contributed by atoms with Crippen molar-refractivity contribution in [3.8, 4) is 0 Å². The molecular formula is C17H21ClN3O+. The average molecular weight is 319 g/mol. The Morgan fingerprint density at radius 3 is 1.86 bits per heavy atom. The topological polar surface area (TPSA) is 44.1 Å². The molecule has 0 radical (unpaired) electrons. The fourth-order valence-corrected chi connectivity index (χ4v) is 1.75. The van der Waals surface area contributed by atoms with Gasteiger partial charge in [-0.25, -0.2) is 5.32 Å². The molecule has 0 aliphatic heterocycles. The van der Waals surface area contributed by atoms with E-state index in [1.54, 1.807) is 12.1 Å². The molecule has 2 aromatic carbocycles. The Labute approximate surface area is 137 Å². The maximum atomic E-state index is 12.0. The van der Waals surface area contributed by atoms with Crippen LogP contribution in [0.5, 0.6) is 0 Å². The number of anilines is 2. The Hall–Kier alpha value is -2.33. The molecule has 0 aromatic heterocycles. The van der Waals surface area contributed by atoms with E-state index < -0.39 is 0 Å². The number of halogens is 1. The lowest BCUT2D eigenvalue weighted by atomic mass is 10.2. The van der Waals surface area contributed by atoms with Gasteiger partial charge in [-0.3, -0.25) is 9.37 Å². The lowest BCUT2D eigenvalue weighted by molar-refractivity contribution is -0.464. The second-order valence-electron chi connectivity index (χ2n) is 5.00. The summed E-state index contributed by atoms with van der Waals surface area (Å²) in [5, 5.41) is 6.16. The zero-order chi connectivity index (χ0) is 15.2. The van der Waals surface area contributed by atoms with Crippen molar-refractivity contribution in [2.24, 2.45) is 0 Å². The van der Waals surface area contributed by atoms with Crippen LogP contribution in [0, 0.1) is 0 Å². The molecule has 22 heavy (non-hydrogen) atoms. The first kappa shape index (κ1) is 17.7. The van der Waals surface area contributed by atoms with Crippen molar-refractivity contribution in [1.82, 2.24) is 0 Å². The molecule has 0 spiro atoms. The first-order valence-electron chi connectivity index (χ1n) is 6.80. The molecule has 0 fully saturated rings. The van der Waals surface area contributed by atoms with E-state index in [4.69, 9.17) is 0 Å². The van der Waals surface area contributed by atoms with E-state index in [1.807, 2.05) is 68.1 Å². The number of nitrogens with one attached hydrogen (secondary N) is 2. The van der Waals surface area contributed by atoms with Crippen molar-refractivity contribution in [1.29, 1.82) is 0 Å². The highest BCUT2D eigenvalue weighted by atomic mass is 35.5. The lowest BCUT2D eigenvalue weighted by Crippen LogP contribution is -2.18. The SMILES string of the molecule is CC(Nc1ccc(NC(=O)c2ccccc2)cc1)=[N+](C)C.Cl. The van der Waals surface area contributed by atoms with Crippen LogP contribution in [0.2, 0.25) is 0 Å². The summed E-state index contributed by atoms with van der Waals surface area (Å²) in [5.74, 6) is 0.948. The molecule has 116 valence electrons. The van der Waals surface area contributed by atoms with Crippen molar-refractivity contribution in [3.63, 3.8) is 0 Å². The van der Waals surface area contributed by atoms with E-state index >= 15 is 0 Å². The number of carbonyl (C=O) groups is 1. The van der Waals surface area contributed by atoms with Crippen LogP contribution in [0.25, 0.3) is 0 Å². The van der Waals surface area contributed by atoms with Crippen molar-refractivity contribution in [2.45, 2.75) is 6.92 Å². The number of nitrogens with zero attached hydrogens (tertiary/aromatic N) is 1. The Bertz CT molecular complexity index is 647. The van der Waals surface area contributed by atoms with Gasteiger partial charge in [-0.15, -0.1) is 12.4 Å². The number of hydrogen-bond donors (Lipinski definition) is 2.